The van der Waals surface area contributed by atoms with Crippen LogP contribution in [0.4, 0.5) is 0 Å². The number of pyridine rings is 1. The monoisotopic (exact) mass is 561 g/mol. The molecule has 0 amide bonds. The van der Waals surface area contributed by atoms with Crippen molar-refractivity contribution in [2.24, 2.45) is 0 Å². The molecule has 0 aliphatic heterocycles. The van der Waals surface area contributed by atoms with E-state index in [2.05, 4.69) is 121 Å². The van der Waals surface area contributed by atoms with Gasteiger partial charge in [-0.1, -0.05) is 146 Å². The normalized spacial score (nSPS) is 11.2. The van der Waals surface area contributed by atoms with Crippen molar-refractivity contribution in [3.63, 3.8) is 0 Å². The minimum atomic E-state index is 0.707. The Hall–Kier alpha value is -5.93. The van der Waals surface area contributed by atoms with E-state index in [4.69, 9.17) is 15.0 Å². The fraction of sp³-hybridized carbons (Fsp3) is 0. The summed E-state index contributed by atoms with van der Waals surface area (Å²) in [6, 6.07) is 56.7. The van der Waals surface area contributed by atoms with Crippen LogP contribution in [-0.2, 0) is 0 Å². The van der Waals surface area contributed by atoms with Crippen molar-refractivity contribution in [1.29, 1.82) is 0 Å². The molecule has 8 aromatic rings. The van der Waals surface area contributed by atoms with Gasteiger partial charge in [0.1, 0.15) is 0 Å². The summed E-state index contributed by atoms with van der Waals surface area (Å²) in [5.41, 5.74) is 10.2. The van der Waals surface area contributed by atoms with Crippen molar-refractivity contribution in [2.75, 3.05) is 0 Å². The molecule has 3 nitrogen and oxygen atoms in total. The molecular weight excluding hydrogens is 534 g/mol. The van der Waals surface area contributed by atoms with Crippen LogP contribution in [0.1, 0.15) is 0 Å². The maximum absolute atomic E-state index is 5.17. The number of hydrogen-bond donors (Lipinski definition) is 0. The van der Waals surface area contributed by atoms with E-state index >= 15 is 0 Å². The predicted octanol–water partition coefficient (Wildman–Crippen LogP) is 10.5. The molecule has 0 radical (unpaired) electrons. The quantitative estimate of drug-likeness (QED) is 0.196. The lowest BCUT2D eigenvalue weighted by atomic mass is 9.92. The summed E-state index contributed by atoms with van der Waals surface area (Å²) in [7, 11) is 0. The molecule has 2 heterocycles. The van der Waals surface area contributed by atoms with E-state index in [-0.39, 0.29) is 0 Å². The maximum Gasteiger partial charge on any atom is 0.160 e. The lowest BCUT2D eigenvalue weighted by molar-refractivity contribution is 1.18. The van der Waals surface area contributed by atoms with Gasteiger partial charge >= 0.3 is 0 Å². The molecule has 0 N–H and O–H groups in total. The van der Waals surface area contributed by atoms with Gasteiger partial charge in [0.05, 0.1) is 22.6 Å². The molecule has 0 saturated heterocycles. The third-order valence-electron chi connectivity index (χ3n) is 8.09. The Morgan fingerprint density at radius 3 is 1.50 bits per heavy atom. The predicted molar refractivity (Wildman–Crippen MR) is 182 cm³/mol. The van der Waals surface area contributed by atoms with Crippen LogP contribution < -0.4 is 0 Å². The van der Waals surface area contributed by atoms with Crippen LogP contribution in [0.15, 0.2) is 164 Å². The van der Waals surface area contributed by atoms with Crippen LogP contribution in [0.3, 0.4) is 0 Å². The molecule has 44 heavy (non-hydrogen) atoms. The molecular formula is C41H27N3. The number of hydrogen-bond acceptors (Lipinski definition) is 3. The average Bonchev–Trinajstić information content (AvgIpc) is 3.12. The van der Waals surface area contributed by atoms with E-state index < -0.39 is 0 Å². The van der Waals surface area contributed by atoms with Gasteiger partial charge in [-0.15, -0.1) is 0 Å². The fourth-order valence-corrected chi connectivity index (χ4v) is 5.98. The first-order valence-electron chi connectivity index (χ1n) is 14.8. The van der Waals surface area contributed by atoms with E-state index in [0.29, 0.717) is 5.82 Å². The Morgan fingerprint density at radius 2 is 0.864 bits per heavy atom. The van der Waals surface area contributed by atoms with Crippen LogP contribution in [0.5, 0.6) is 0 Å². The van der Waals surface area contributed by atoms with Crippen molar-refractivity contribution in [1.82, 2.24) is 15.0 Å². The number of fused-ring (bicyclic) bond motifs is 3. The number of rotatable bonds is 5. The van der Waals surface area contributed by atoms with E-state index in [0.717, 1.165) is 72.1 Å². The summed E-state index contributed by atoms with van der Waals surface area (Å²) in [4.78, 5) is 15.3. The van der Waals surface area contributed by atoms with Crippen molar-refractivity contribution in [3.8, 4) is 56.3 Å². The Morgan fingerprint density at radius 1 is 0.318 bits per heavy atom. The molecule has 206 valence electrons. The molecule has 0 aliphatic rings. The smallest absolute Gasteiger partial charge is 0.160 e. The van der Waals surface area contributed by atoms with Gasteiger partial charge in [-0.2, -0.15) is 0 Å². The van der Waals surface area contributed by atoms with Gasteiger partial charge in [0.2, 0.25) is 0 Å². The first-order chi connectivity index (χ1) is 21.8. The van der Waals surface area contributed by atoms with Crippen LogP contribution in [0.25, 0.3) is 78.0 Å². The molecule has 6 aromatic carbocycles. The second-order valence-corrected chi connectivity index (χ2v) is 10.8. The minimum absolute atomic E-state index is 0.707. The van der Waals surface area contributed by atoms with Crippen LogP contribution in [0, 0.1) is 0 Å². The lowest BCUT2D eigenvalue weighted by Gasteiger charge is -2.15. The third kappa shape index (κ3) is 4.71. The minimum Gasteiger partial charge on any atom is -0.248 e. The number of nitrogens with zero attached hydrogens (tertiary/aromatic N) is 3. The molecule has 0 spiro atoms. The summed E-state index contributed by atoms with van der Waals surface area (Å²) in [6.45, 7) is 0. The Balaban J connectivity index is 1.40. The Kier molecular flexibility index (Phi) is 6.47. The summed E-state index contributed by atoms with van der Waals surface area (Å²) >= 11 is 0. The number of benzene rings is 6. The summed E-state index contributed by atoms with van der Waals surface area (Å²) in [5.74, 6) is 0.707. The van der Waals surface area contributed by atoms with E-state index in [9.17, 15) is 0 Å². The van der Waals surface area contributed by atoms with Gasteiger partial charge in [-0.3, -0.25) is 0 Å². The Bertz CT molecular complexity index is 2190. The highest BCUT2D eigenvalue weighted by Crippen LogP contribution is 2.39. The molecule has 0 aliphatic carbocycles. The largest absolute Gasteiger partial charge is 0.248 e. The van der Waals surface area contributed by atoms with Gasteiger partial charge in [0, 0.05) is 27.6 Å². The molecule has 0 saturated carbocycles. The maximum atomic E-state index is 5.17. The fourth-order valence-electron chi connectivity index (χ4n) is 5.98. The van der Waals surface area contributed by atoms with Crippen molar-refractivity contribution >= 4 is 21.7 Å². The molecule has 8 rings (SSSR count). The zero-order valence-electron chi connectivity index (χ0n) is 23.9. The molecule has 2 aromatic heterocycles. The van der Waals surface area contributed by atoms with Crippen molar-refractivity contribution in [2.45, 2.75) is 0 Å². The van der Waals surface area contributed by atoms with Gasteiger partial charge in [0.15, 0.2) is 5.82 Å². The SMILES string of the molecule is c1ccc(-c2cc(-c3cccc4c3ccc3nc(-c5ccccc5)cc(-c5ccccc5)c34)nc(-c3ccccc3)n2)cc1. The molecule has 0 bridgehead atoms. The van der Waals surface area contributed by atoms with Crippen molar-refractivity contribution in [3.05, 3.63) is 164 Å². The summed E-state index contributed by atoms with van der Waals surface area (Å²) < 4.78 is 0. The van der Waals surface area contributed by atoms with Gasteiger partial charge in [-0.25, -0.2) is 15.0 Å². The zero-order valence-corrected chi connectivity index (χ0v) is 23.9. The first-order valence-corrected chi connectivity index (χ1v) is 14.8. The summed E-state index contributed by atoms with van der Waals surface area (Å²) in [5, 5.41) is 3.41. The van der Waals surface area contributed by atoms with Crippen LogP contribution in [-0.4, -0.2) is 15.0 Å². The van der Waals surface area contributed by atoms with Crippen LogP contribution >= 0.6 is 0 Å². The van der Waals surface area contributed by atoms with Crippen molar-refractivity contribution < 1.29 is 0 Å². The van der Waals surface area contributed by atoms with E-state index in [1.165, 1.54) is 0 Å². The lowest BCUT2D eigenvalue weighted by Crippen LogP contribution is -1.97. The highest BCUT2D eigenvalue weighted by molar-refractivity contribution is 6.16. The molecule has 0 fully saturated rings. The van der Waals surface area contributed by atoms with Crippen LogP contribution in [0.2, 0.25) is 0 Å². The van der Waals surface area contributed by atoms with Gasteiger partial charge in [0.25, 0.3) is 0 Å². The standard InChI is InChI=1S/C41H27N3/c1-5-14-28(15-6-1)35-26-37(29-16-7-2-8-17-29)42-36-25-24-32-33(22-13-23-34(32)40(35)36)39-27-38(30-18-9-3-10-19-30)43-41(44-39)31-20-11-4-12-21-31/h1-27H. The molecule has 0 atom stereocenters. The molecule has 0 unspecified atom stereocenters. The summed E-state index contributed by atoms with van der Waals surface area (Å²) in [6.07, 6.45) is 0. The second-order valence-electron chi connectivity index (χ2n) is 10.8. The first kappa shape index (κ1) is 25.8. The van der Waals surface area contributed by atoms with E-state index in [1.54, 1.807) is 0 Å². The highest BCUT2D eigenvalue weighted by atomic mass is 14.9. The van der Waals surface area contributed by atoms with Gasteiger partial charge < -0.3 is 0 Å². The van der Waals surface area contributed by atoms with Gasteiger partial charge in [-0.05, 0) is 40.1 Å². The van der Waals surface area contributed by atoms with E-state index in [1.807, 2.05) is 42.5 Å². The highest BCUT2D eigenvalue weighted by Gasteiger charge is 2.17. The Labute approximate surface area is 256 Å². The molecule has 3 heteroatoms. The third-order valence-corrected chi connectivity index (χ3v) is 8.09. The topological polar surface area (TPSA) is 38.7 Å². The zero-order chi connectivity index (χ0) is 29.3. The average molecular weight is 562 g/mol. The second kappa shape index (κ2) is 11.0. The number of aromatic nitrogens is 3.